The molecule has 0 aliphatic carbocycles. The number of amides is 4. The van der Waals surface area contributed by atoms with Crippen molar-refractivity contribution in [2.24, 2.45) is 0 Å². The van der Waals surface area contributed by atoms with Crippen LogP contribution in [0.5, 0.6) is 0 Å². The predicted octanol–water partition coefficient (Wildman–Crippen LogP) is 2.26. The van der Waals surface area contributed by atoms with Crippen molar-refractivity contribution in [1.82, 2.24) is 15.5 Å². The molecular formula is C21H22FN3O3. The molecule has 0 aromatic heterocycles. The van der Waals surface area contributed by atoms with Crippen LogP contribution in [-0.2, 0) is 21.5 Å². The molecule has 6 nitrogen and oxygen atoms in total. The molecule has 2 N–H and O–H groups in total. The normalized spacial score (nSPS) is 18.9. The minimum absolute atomic E-state index is 0.207. The first-order valence-corrected chi connectivity index (χ1v) is 9.02. The Morgan fingerprint density at radius 3 is 2.50 bits per heavy atom. The van der Waals surface area contributed by atoms with E-state index >= 15 is 0 Å². The number of halogens is 1. The summed E-state index contributed by atoms with van der Waals surface area (Å²) in [5, 5.41) is 5.29. The molecule has 1 aliphatic rings. The number of carbonyl (C=O) groups is 3. The number of carbonyl (C=O) groups excluding carboxylic acids is 3. The Kier molecular flexibility index (Phi) is 5.44. The van der Waals surface area contributed by atoms with Crippen LogP contribution in [0.2, 0.25) is 0 Å². The van der Waals surface area contributed by atoms with Crippen LogP contribution in [0, 0.1) is 12.7 Å². The zero-order valence-corrected chi connectivity index (χ0v) is 15.8. The number of nitrogens with zero attached hydrogens (tertiary/aromatic N) is 1. The van der Waals surface area contributed by atoms with Gasteiger partial charge in [-0.2, -0.15) is 0 Å². The van der Waals surface area contributed by atoms with E-state index in [1.54, 1.807) is 37.3 Å². The van der Waals surface area contributed by atoms with Gasteiger partial charge in [0.05, 0.1) is 0 Å². The Balaban J connectivity index is 1.60. The van der Waals surface area contributed by atoms with Crippen molar-refractivity contribution in [3.8, 4) is 0 Å². The Morgan fingerprint density at radius 1 is 1.14 bits per heavy atom. The van der Waals surface area contributed by atoms with Crippen LogP contribution >= 0.6 is 0 Å². The van der Waals surface area contributed by atoms with Crippen LogP contribution in [0.4, 0.5) is 9.18 Å². The smallest absolute Gasteiger partial charge is 0.325 e. The van der Waals surface area contributed by atoms with Crippen molar-refractivity contribution in [1.29, 1.82) is 0 Å². The molecule has 1 atom stereocenters. The topological polar surface area (TPSA) is 78.5 Å². The lowest BCUT2D eigenvalue weighted by Gasteiger charge is -2.22. The van der Waals surface area contributed by atoms with Crippen molar-refractivity contribution in [3.05, 3.63) is 71.0 Å². The molecule has 0 radical (unpaired) electrons. The van der Waals surface area contributed by atoms with Gasteiger partial charge in [0.15, 0.2) is 0 Å². The molecule has 1 aliphatic heterocycles. The molecular weight excluding hydrogens is 361 g/mol. The quantitative estimate of drug-likeness (QED) is 0.751. The fourth-order valence-corrected chi connectivity index (χ4v) is 3.16. The van der Waals surface area contributed by atoms with Gasteiger partial charge < -0.3 is 10.6 Å². The van der Waals surface area contributed by atoms with E-state index in [9.17, 15) is 18.8 Å². The summed E-state index contributed by atoms with van der Waals surface area (Å²) in [7, 11) is 0. The lowest BCUT2D eigenvalue weighted by atomic mass is 9.91. The highest BCUT2D eigenvalue weighted by Crippen LogP contribution is 2.28. The number of hydrogen-bond donors (Lipinski definition) is 2. The average Bonchev–Trinajstić information content (AvgIpc) is 2.88. The summed E-state index contributed by atoms with van der Waals surface area (Å²) in [6.07, 6.45) is 0.319. The molecule has 1 heterocycles. The maximum atomic E-state index is 13.6. The summed E-state index contributed by atoms with van der Waals surface area (Å²) in [5.41, 5.74) is 0.969. The molecule has 4 amide bonds. The van der Waals surface area contributed by atoms with E-state index in [4.69, 9.17) is 0 Å². The number of urea groups is 1. The van der Waals surface area contributed by atoms with Crippen LogP contribution in [0.1, 0.15) is 23.6 Å². The monoisotopic (exact) mass is 383 g/mol. The Labute approximate surface area is 162 Å². The highest BCUT2D eigenvalue weighted by Gasteiger charge is 2.49. The molecule has 1 fully saturated rings. The number of benzene rings is 2. The predicted molar refractivity (Wildman–Crippen MR) is 102 cm³/mol. The molecule has 28 heavy (non-hydrogen) atoms. The summed E-state index contributed by atoms with van der Waals surface area (Å²) >= 11 is 0. The van der Waals surface area contributed by atoms with Gasteiger partial charge in [-0.05, 0) is 37.5 Å². The molecule has 0 spiro atoms. The van der Waals surface area contributed by atoms with Gasteiger partial charge in [0, 0.05) is 6.54 Å². The second-order valence-corrected chi connectivity index (χ2v) is 7.00. The van der Waals surface area contributed by atoms with Gasteiger partial charge in [0.25, 0.3) is 5.91 Å². The van der Waals surface area contributed by atoms with Gasteiger partial charge in [0.1, 0.15) is 17.9 Å². The molecule has 2 aromatic rings. The van der Waals surface area contributed by atoms with Crippen LogP contribution in [0.15, 0.2) is 48.5 Å². The van der Waals surface area contributed by atoms with Crippen LogP contribution in [0.25, 0.3) is 0 Å². The Morgan fingerprint density at radius 2 is 1.82 bits per heavy atom. The summed E-state index contributed by atoms with van der Waals surface area (Å²) in [5.74, 6) is -1.29. The fourth-order valence-electron chi connectivity index (χ4n) is 3.16. The third-order valence-electron chi connectivity index (χ3n) is 4.88. The standard InChI is InChI=1S/C21H22FN3O3/c1-14-7-9-16(10-8-14)21(2)19(27)25(20(28)24-21)13-18(26)23-12-11-15-5-3-4-6-17(15)22/h3-10H,11-13H2,1-2H3,(H,23,26)(H,24,28). The Hall–Kier alpha value is -3.22. The highest BCUT2D eigenvalue weighted by atomic mass is 19.1. The van der Waals surface area contributed by atoms with Crippen LogP contribution in [-0.4, -0.2) is 35.8 Å². The van der Waals surface area contributed by atoms with Crippen LogP contribution < -0.4 is 10.6 Å². The second kappa shape index (κ2) is 7.80. The van der Waals surface area contributed by atoms with E-state index in [-0.39, 0.29) is 18.9 Å². The van der Waals surface area contributed by atoms with Gasteiger partial charge in [-0.25, -0.2) is 9.18 Å². The molecule has 146 valence electrons. The van der Waals surface area contributed by atoms with Gasteiger partial charge in [-0.15, -0.1) is 0 Å². The van der Waals surface area contributed by atoms with E-state index in [1.807, 2.05) is 19.1 Å². The largest absolute Gasteiger partial charge is 0.354 e. The zero-order valence-electron chi connectivity index (χ0n) is 15.8. The summed E-state index contributed by atoms with van der Waals surface area (Å²) in [6, 6.07) is 13.0. The molecule has 0 bridgehead atoms. The second-order valence-electron chi connectivity index (χ2n) is 7.00. The average molecular weight is 383 g/mol. The lowest BCUT2D eigenvalue weighted by Crippen LogP contribution is -2.43. The zero-order chi connectivity index (χ0) is 20.3. The first-order chi connectivity index (χ1) is 13.3. The number of nitrogens with one attached hydrogen (secondary N) is 2. The SMILES string of the molecule is Cc1ccc(C2(C)NC(=O)N(CC(=O)NCCc3ccccc3F)C2=O)cc1. The third kappa shape index (κ3) is 3.88. The number of rotatable bonds is 6. The van der Waals surface area contributed by atoms with Gasteiger partial charge >= 0.3 is 6.03 Å². The molecule has 2 aromatic carbocycles. The van der Waals surface area contributed by atoms with Gasteiger partial charge in [-0.3, -0.25) is 14.5 Å². The van der Waals surface area contributed by atoms with Crippen molar-refractivity contribution in [2.45, 2.75) is 25.8 Å². The minimum atomic E-state index is -1.21. The maximum Gasteiger partial charge on any atom is 0.325 e. The van der Waals surface area contributed by atoms with Crippen molar-refractivity contribution in [3.63, 3.8) is 0 Å². The van der Waals surface area contributed by atoms with Crippen molar-refractivity contribution >= 4 is 17.8 Å². The van der Waals surface area contributed by atoms with Crippen LogP contribution in [0.3, 0.4) is 0 Å². The van der Waals surface area contributed by atoms with E-state index in [1.165, 1.54) is 6.07 Å². The Bertz CT molecular complexity index is 913. The number of aryl methyl sites for hydroxylation is 1. The number of imide groups is 1. The first-order valence-electron chi connectivity index (χ1n) is 9.02. The van der Waals surface area contributed by atoms with E-state index in [2.05, 4.69) is 10.6 Å². The highest BCUT2D eigenvalue weighted by molar-refractivity contribution is 6.09. The van der Waals surface area contributed by atoms with Crippen molar-refractivity contribution < 1.29 is 18.8 Å². The van der Waals surface area contributed by atoms with Gasteiger partial charge in [-0.1, -0.05) is 48.0 Å². The first kappa shape index (κ1) is 19.5. The number of hydrogen-bond acceptors (Lipinski definition) is 3. The van der Waals surface area contributed by atoms with E-state index < -0.39 is 23.4 Å². The summed E-state index contributed by atoms with van der Waals surface area (Å²) < 4.78 is 13.6. The molecule has 7 heteroatoms. The van der Waals surface area contributed by atoms with E-state index in [0.717, 1.165) is 10.5 Å². The minimum Gasteiger partial charge on any atom is -0.354 e. The third-order valence-corrected chi connectivity index (χ3v) is 4.88. The maximum absolute atomic E-state index is 13.6. The van der Waals surface area contributed by atoms with Gasteiger partial charge in [0.2, 0.25) is 5.91 Å². The van der Waals surface area contributed by atoms with E-state index in [0.29, 0.717) is 17.5 Å². The molecule has 3 rings (SSSR count). The molecule has 1 saturated heterocycles. The molecule has 0 saturated carbocycles. The fraction of sp³-hybridized carbons (Fsp3) is 0.286. The summed E-state index contributed by atoms with van der Waals surface area (Å²) in [4.78, 5) is 38.2. The van der Waals surface area contributed by atoms with Crippen molar-refractivity contribution in [2.75, 3.05) is 13.1 Å². The molecule has 1 unspecified atom stereocenters. The summed E-state index contributed by atoms with van der Waals surface area (Å²) in [6.45, 7) is 3.37. The lowest BCUT2D eigenvalue weighted by molar-refractivity contribution is -0.134.